The van der Waals surface area contributed by atoms with Crippen molar-refractivity contribution >= 4 is 41.2 Å². The summed E-state index contributed by atoms with van der Waals surface area (Å²) < 4.78 is 1.98. The van der Waals surface area contributed by atoms with Crippen LogP contribution < -0.4 is 10.2 Å². The molecule has 0 atom stereocenters. The van der Waals surface area contributed by atoms with Crippen LogP contribution in [0.3, 0.4) is 0 Å². The Morgan fingerprint density at radius 3 is 2.50 bits per heavy atom. The van der Waals surface area contributed by atoms with Crippen molar-refractivity contribution in [3.05, 3.63) is 82.4 Å². The second-order valence-corrected chi connectivity index (χ2v) is 7.25. The molecule has 1 fully saturated rings. The number of hydrogen-bond donors (Lipinski definition) is 1. The molecule has 8 heteroatoms. The van der Waals surface area contributed by atoms with Crippen LogP contribution in [0.5, 0.6) is 0 Å². The highest BCUT2D eigenvalue weighted by Gasteiger charge is 2.37. The maximum Gasteiger partial charge on any atom is 0.336 e. The highest BCUT2D eigenvalue weighted by molar-refractivity contribution is 6.39. The summed E-state index contributed by atoms with van der Waals surface area (Å²) in [7, 11) is 0. The lowest BCUT2D eigenvalue weighted by atomic mass is 10.1. The summed E-state index contributed by atoms with van der Waals surface area (Å²) in [5.74, 6) is -1.44. The first kappa shape index (κ1) is 19.6. The third kappa shape index (κ3) is 3.40. The van der Waals surface area contributed by atoms with Crippen LogP contribution in [0.15, 0.2) is 60.4 Å². The third-order valence-electron chi connectivity index (χ3n) is 4.84. The number of aryl methyl sites for hydroxylation is 1. The number of imide groups is 2. The molecule has 1 N–H and O–H groups in total. The summed E-state index contributed by atoms with van der Waals surface area (Å²) in [5, 5.41) is 2.82. The molecule has 4 rings (SSSR count). The molecule has 0 saturated carbocycles. The number of anilines is 1. The lowest BCUT2D eigenvalue weighted by Gasteiger charge is -2.26. The molecule has 150 valence electrons. The number of amides is 4. The molecular formula is C22H17ClN4O3. The normalized spacial score (nSPS) is 15.6. The summed E-state index contributed by atoms with van der Waals surface area (Å²) in [6.07, 6.45) is 4.41. The Bertz CT molecular complexity index is 1210. The molecule has 1 aliphatic heterocycles. The Labute approximate surface area is 177 Å². The number of barbiturate groups is 1. The lowest BCUT2D eigenvalue weighted by molar-refractivity contribution is -0.122. The third-order valence-corrected chi connectivity index (χ3v) is 5.08. The Balaban J connectivity index is 1.77. The van der Waals surface area contributed by atoms with Crippen molar-refractivity contribution in [2.75, 3.05) is 4.90 Å². The van der Waals surface area contributed by atoms with Gasteiger partial charge in [0.15, 0.2) is 0 Å². The lowest BCUT2D eigenvalue weighted by Crippen LogP contribution is -2.54. The zero-order valence-electron chi connectivity index (χ0n) is 16.2. The van der Waals surface area contributed by atoms with Crippen LogP contribution in [0.2, 0.25) is 5.02 Å². The van der Waals surface area contributed by atoms with Crippen LogP contribution in [0, 0.1) is 13.8 Å². The Kier molecular flexibility index (Phi) is 4.97. The van der Waals surface area contributed by atoms with Crippen molar-refractivity contribution in [2.45, 2.75) is 13.8 Å². The zero-order chi connectivity index (χ0) is 21.4. The number of rotatable bonds is 3. The Morgan fingerprint density at radius 2 is 1.80 bits per heavy atom. The van der Waals surface area contributed by atoms with Gasteiger partial charge in [-0.2, -0.15) is 0 Å². The number of carbonyl (C=O) groups is 3. The van der Waals surface area contributed by atoms with Crippen molar-refractivity contribution in [3.63, 3.8) is 0 Å². The van der Waals surface area contributed by atoms with Gasteiger partial charge in [-0.05, 0) is 61.9 Å². The smallest absolute Gasteiger partial charge is 0.318 e. The molecule has 1 saturated heterocycles. The summed E-state index contributed by atoms with van der Waals surface area (Å²) in [5.41, 5.74) is 3.44. The van der Waals surface area contributed by atoms with E-state index in [1.165, 1.54) is 18.5 Å². The number of benzene rings is 1. The van der Waals surface area contributed by atoms with Gasteiger partial charge in [0.05, 0.1) is 11.9 Å². The van der Waals surface area contributed by atoms with Crippen LogP contribution in [-0.2, 0) is 9.59 Å². The number of halogens is 1. The number of nitrogens with one attached hydrogen (secondary N) is 1. The molecule has 0 bridgehead atoms. The fourth-order valence-electron chi connectivity index (χ4n) is 3.48. The van der Waals surface area contributed by atoms with Gasteiger partial charge in [-0.25, -0.2) is 9.69 Å². The molecule has 3 heterocycles. The van der Waals surface area contributed by atoms with Crippen LogP contribution in [-0.4, -0.2) is 27.4 Å². The van der Waals surface area contributed by atoms with E-state index >= 15 is 0 Å². The molecule has 1 aliphatic rings. The van der Waals surface area contributed by atoms with Gasteiger partial charge in [-0.1, -0.05) is 17.7 Å². The van der Waals surface area contributed by atoms with Crippen molar-refractivity contribution in [1.29, 1.82) is 0 Å². The summed E-state index contributed by atoms with van der Waals surface area (Å²) >= 11 is 6.12. The van der Waals surface area contributed by atoms with Gasteiger partial charge in [0, 0.05) is 28.3 Å². The van der Waals surface area contributed by atoms with E-state index in [2.05, 4.69) is 10.3 Å². The molecule has 0 radical (unpaired) electrons. The van der Waals surface area contributed by atoms with Gasteiger partial charge in [0.2, 0.25) is 0 Å². The molecule has 0 aliphatic carbocycles. The minimum Gasteiger partial charge on any atom is -0.318 e. The van der Waals surface area contributed by atoms with Gasteiger partial charge in [0.25, 0.3) is 11.8 Å². The molecule has 2 aromatic heterocycles. The SMILES string of the molecule is Cc1cc(/C=C2\C(=O)NC(=O)N(c3cccnc3)C2=O)c(C)n1-c1cccc(Cl)c1. The van der Waals surface area contributed by atoms with Gasteiger partial charge in [-0.3, -0.25) is 19.9 Å². The van der Waals surface area contributed by atoms with Gasteiger partial charge in [0.1, 0.15) is 5.57 Å². The minimum absolute atomic E-state index is 0.134. The van der Waals surface area contributed by atoms with Crippen molar-refractivity contribution in [1.82, 2.24) is 14.9 Å². The monoisotopic (exact) mass is 420 g/mol. The van der Waals surface area contributed by atoms with E-state index in [0.29, 0.717) is 10.6 Å². The van der Waals surface area contributed by atoms with E-state index in [1.54, 1.807) is 18.2 Å². The van der Waals surface area contributed by atoms with Crippen LogP contribution in [0.25, 0.3) is 11.8 Å². The predicted molar refractivity (Wildman–Crippen MR) is 113 cm³/mol. The molecular weight excluding hydrogens is 404 g/mol. The fraction of sp³-hybridized carbons (Fsp3) is 0.0909. The molecule has 0 unspecified atom stereocenters. The molecule has 1 aromatic carbocycles. The van der Waals surface area contributed by atoms with Gasteiger partial charge < -0.3 is 4.57 Å². The number of carbonyl (C=O) groups excluding carboxylic acids is 3. The number of aromatic nitrogens is 2. The molecule has 0 spiro atoms. The largest absolute Gasteiger partial charge is 0.336 e. The predicted octanol–water partition coefficient (Wildman–Crippen LogP) is 3.81. The highest BCUT2D eigenvalue weighted by Crippen LogP contribution is 2.26. The number of urea groups is 1. The maximum atomic E-state index is 13.0. The zero-order valence-corrected chi connectivity index (χ0v) is 17.0. The fourth-order valence-corrected chi connectivity index (χ4v) is 3.66. The van der Waals surface area contributed by atoms with E-state index in [9.17, 15) is 14.4 Å². The summed E-state index contributed by atoms with van der Waals surface area (Å²) in [6, 6.07) is 11.6. The van der Waals surface area contributed by atoms with Crippen molar-refractivity contribution in [2.24, 2.45) is 0 Å². The van der Waals surface area contributed by atoms with Crippen LogP contribution in [0.4, 0.5) is 10.5 Å². The molecule has 30 heavy (non-hydrogen) atoms. The number of hydrogen-bond acceptors (Lipinski definition) is 4. The van der Waals surface area contributed by atoms with E-state index in [4.69, 9.17) is 11.6 Å². The number of nitrogens with zero attached hydrogens (tertiary/aromatic N) is 3. The maximum absolute atomic E-state index is 13.0. The van der Waals surface area contributed by atoms with E-state index in [1.807, 2.05) is 42.7 Å². The minimum atomic E-state index is -0.806. The van der Waals surface area contributed by atoms with Gasteiger partial charge >= 0.3 is 6.03 Å². The van der Waals surface area contributed by atoms with E-state index < -0.39 is 17.8 Å². The average Bonchev–Trinajstić information content (AvgIpc) is 2.99. The average molecular weight is 421 g/mol. The molecule has 7 nitrogen and oxygen atoms in total. The van der Waals surface area contributed by atoms with Crippen LogP contribution in [0.1, 0.15) is 17.0 Å². The van der Waals surface area contributed by atoms with Gasteiger partial charge in [-0.15, -0.1) is 0 Å². The standard InChI is InChI=1S/C22H17ClN4O3/c1-13-9-15(14(2)26(13)17-6-3-5-16(23)11-17)10-19-20(28)25-22(30)27(21(19)29)18-7-4-8-24-12-18/h3-12H,1-2H3,(H,25,28,30)/b19-10+. The molecule has 4 amide bonds. The number of pyridine rings is 1. The quantitative estimate of drug-likeness (QED) is 0.515. The first-order chi connectivity index (χ1) is 14.4. The first-order valence-corrected chi connectivity index (χ1v) is 9.51. The van der Waals surface area contributed by atoms with E-state index in [-0.39, 0.29) is 11.3 Å². The Morgan fingerprint density at radius 1 is 1.03 bits per heavy atom. The Hall–Kier alpha value is -3.71. The first-order valence-electron chi connectivity index (χ1n) is 9.13. The van der Waals surface area contributed by atoms with Crippen molar-refractivity contribution in [3.8, 4) is 5.69 Å². The summed E-state index contributed by atoms with van der Waals surface area (Å²) in [4.78, 5) is 42.5. The summed E-state index contributed by atoms with van der Waals surface area (Å²) in [6.45, 7) is 3.81. The van der Waals surface area contributed by atoms with Crippen LogP contribution >= 0.6 is 11.6 Å². The topological polar surface area (TPSA) is 84.3 Å². The molecule has 3 aromatic rings. The van der Waals surface area contributed by atoms with Crippen molar-refractivity contribution < 1.29 is 14.4 Å². The second kappa shape index (κ2) is 7.61. The second-order valence-electron chi connectivity index (χ2n) is 6.81. The van der Waals surface area contributed by atoms with E-state index in [0.717, 1.165) is 22.0 Å². The highest BCUT2D eigenvalue weighted by atomic mass is 35.5.